The highest BCUT2D eigenvalue weighted by Gasteiger charge is 2.31. The molecule has 2 rings (SSSR count). The number of piperidine rings is 1. The number of carbonyl (C=O) groups excluding carboxylic acids is 1. The Hall–Kier alpha value is -1.75. The first-order valence-electron chi connectivity index (χ1n) is 6.91. The highest BCUT2D eigenvalue weighted by molar-refractivity contribution is 5.96. The minimum atomic E-state index is -0.159. The fraction of sp³-hybridized carbons (Fsp3) is 0.533. The summed E-state index contributed by atoms with van der Waals surface area (Å²) in [5.74, 6) is -0.0993. The van der Waals surface area contributed by atoms with Gasteiger partial charge in [-0.05, 0) is 38.0 Å². The molecule has 3 N–H and O–H groups in total. The Morgan fingerprint density at radius 1 is 1.50 bits per heavy atom. The molecule has 5 heteroatoms. The Bertz CT molecular complexity index is 504. The first-order valence-corrected chi connectivity index (χ1v) is 6.91. The lowest BCUT2D eigenvalue weighted by Gasteiger charge is -2.41. The molecule has 0 bridgehead atoms. The fourth-order valence-corrected chi connectivity index (χ4v) is 2.68. The van der Waals surface area contributed by atoms with E-state index < -0.39 is 0 Å². The van der Waals surface area contributed by atoms with E-state index >= 15 is 0 Å². The molecule has 20 heavy (non-hydrogen) atoms. The van der Waals surface area contributed by atoms with Crippen LogP contribution in [0.15, 0.2) is 18.2 Å². The molecule has 0 aromatic heterocycles. The molecule has 0 saturated carbocycles. The summed E-state index contributed by atoms with van der Waals surface area (Å²) in [5, 5.41) is 2.64. The van der Waals surface area contributed by atoms with Crippen molar-refractivity contribution in [3.63, 3.8) is 0 Å². The van der Waals surface area contributed by atoms with E-state index in [9.17, 15) is 4.79 Å². The second-order valence-corrected chi connectivity index (χ2v) is 5.53. The number of carbonyl (C=O) groups is 1. The van der Waals surface area contributed by atoms with Gasteiger partial charge >= 0.3 is 0 Å². The number of anilines is 2. The summed E-state index contributed by atoms with van der Waals surface area (Å²) < 4.78 is 5.61. The van der Waals surface area contributed by atoms with Crippen molar-refractivity contribution in [2.24, 2.45) is 0 Å². The summed E-state index contributed by atoms with van der Waals surface area (Å²) in [6.45, 7) is 3.82. The maximum Gasteiger partial charge on any atom is 0.251 e. The van der Waals surface area contributed by atoms with Gasteiger partial charge in [0.15, 0.2) is 0 Å². The molecule has 1 saturated heterocycles. The molecule has 1 aromatic carbocycles. The van der Waals surface area contributed by atoms with Crippen LogP contribution in [0.1, 0.15) is 30.1 Å². The number of nitrogens with zero attached hydrogens (tertiary/aromatic N) is 1. The van der Waals surface area contributed by atoms with E-state index in [-0.39, 0.29) is 11.5 Å². The van der Waals surface area contributed by atoms with Crippen molar-refractivity contribution >= 4 is 17.3 Å². The molecular weight excluding hydrogens is 254 g/mol. The van der Waals surface area contributed by atoms with E-state index in [0.29, 0.717) is 11.3 Å². The lowest BCUT2D eigenvalue weighted by atomic mass is 9.94. The van der Waals surface area contributed by atoms with Crippen molar-refractivity contribution in [1.29, 1.82) is 0 Å². The minimum absolute atomic E-state index is 0.0993. The van der Waals surface area contributed by atoms with E-state index in [1.165, 1.54) is 0 Å². The Morgan fingerprint density at radius 2 is 2.25 bits per heavy atom. The van der Waals surface area contributed by atoms with Crippen LogP contribution >= 0.6 is 0 Å². The molecule has 1 heterocycles. The van der Waals surface area contributed by atoms with Gasteiger partial charge in [0, 0.05) is 32.8 Å². The second-order valence-electron chi connectivity index (χ2n) is 5.53. The molecule has 1 fully saturated rings. The molecule has 0 aliphatic carbocycles. The van der Waals surface area contributed by atoms with Crippen molar-refractivity contribution in [1.82, 2.24) is 5.32 Å². The highest BCUT2D eigenvalue weighted by atomic mass is 16.5. The van der Waals surface area contributed by atoms with Gasteiger partial charge < -0.3 is 20.7 Å². The normalized spacial score (nSPS) is 22.6. The fourth-order valence-electron chi connectivity index (χ4n) is 2.68. The van der Waals surface area contributed by atoms with Gasteiger partial charge in [0.05, 0.1) is 17.0 Å². The summed E-state index contributed by atoms with van der Waals surface area (Å²) >= 11 is 0. The van der Waals surface area contributed by atoms with Gasteiger partial charge in [-0.3, -0.25) is 4.79 Å². The number of nitrogens with one attached hydrogen (secondary N) is 1. The number of methoxy groups -OCH3 is 1. The van der Waals surface area contributed by atoms with Crippen molar-refractivity contribution < 1.29 is 9.53 Å². The monoisotopic (exact) mass is 277 g/mol. The van der Waals surface area contributed by atoms with E-state index in [1.54, 1.807) is 26.3 Å². The van der Waals surface area contributed by atoms with Gasteiger partial charge in [0.1, 0.15) is 0 Å². The van der Waals surface area contributed by atoms with Crippen molar-refractivity contribution in [3.05, 3.63) is 23.8 Å². The summed E-state index contributed by atoms with van der Waals surface area (Å²) in [6.07, 6.45) is 2.09. The van der Waals surface area contributed by atoms with Crippen molar-refractivity contribution in [2.45, 2.75) is 25.4 Å². The third-order valence-corrected chi connectivity index (χ3v) is 4.01. The second kappa shape index (κ2) is 5.71. The van der Waals surface area contributed by atoms with Gasteiger partial charge in [0.25, 0.3) is 5.91 Å². The largest absolute Gasteiger partial charge is 0.397 e. The zero-order valence-corrected chi connectivity index (χ0v) is 12.4. The van der Waals surface area contributed by atoms with Gasteiger partial charge in [-0.2, -0.15) is 0 Å². The van der Waals surface area contributed by atoms with Crippen LogP contribution in [-0.4, -0.2) is 38.8 Å². The van der Waals surface area contributed by atoms with E-state index in [4.69, 9.17) is 10.5 Å². The molecule has 5 nitrogen and oxygen atoms in total. The Kier molecular flexibility index (Phi) is 4.18. The molecule has 0 spiro atoms. The molecular formula is C15H23N3O2. The first-order chi connectivity index (χ1) is 9.49. The van der Waals surface area contributed by atoms with Gasteiger partial charge in [-0.25, -0.2) is 0 Å². The predicted molar refractivity (Wildman–Crippen MR) is 81.1 cm³/mol. The standard InChI is InChI=1S/C15H23N3O2/c1-15(20-3)7-4-8-18(10-15)13-9-11(14(19)17-2)5-6-12(13)16/h5-6,9H,4,7-8,10,16H2,1-3H3,(H,17,19). The number of amides is 1. The number of nitrogen functional groups attached to an aromatic ring is 1. The third kappa shape index (κ3) is 2.88. The first kappa shape index (κ1) is 14.7. The van der Waals surface area contributed by atoms with Gasteiger partial charge in [-0.15, -0.1) is 0 Å². The smallest absolute Gasteiger partial charge is 0.251 e. The number of nitrogens with two attached hydrogens (primary N) is 1. The number of rotatable bonds is 3. The van der Waals surface area contributed by atoms with Crippen LogP contribution in [0.3, 0.4) is 0 Å². The summed E-state index contributed by atoms with van der Waals surface area (Å²) in [4.78, 5) is 14.0. The van der Waals surface area contributed by atoms with Crippen LogP contribution in [-0.2, 0) is 4.74 Å². The average molecular weight is 277 g/mol. The molecule has 0 radical (unpaired) electrons. The van der Waals surface area contributed by atoms with Crippen molar-refractivity contribution in [2.75, 3.05) is 37.9 Å². The number of ether oxygens (including phenoxy) is 1. The van der Waals surface area contributed by atoms with E-state index in [0.717, 1.165) is 31.6 Å². The maximum atomic E-state index is 11.7. The van der Waals surface area contributed by atoms with Gasteiger partial charge in [0.2, 0.25) is 0 Å². The van der Waals surface area contributed by atoms with Crippen LogP contribution in [0, 0.1) is 0 Å². The topological polar surface area (TPSA) is 67.6 Å². The van der Waals surface area contributed by atoms with Gasteiger partial charge in [-0.1, -0.05) is 0 Å². The minimum Gasteiger partial charge on any atom is -0.397 e. The summed E-state index contributed by atoms with van der Waals surface area (Å²) in [5.41, 5.74) is 8.15. The zero-order chi connectivity index (χ0) is 14.8. The predicted octanol–water partition coefficient (Wildman–Crippen LogP) is 1.63. The Morgan fingerprint density at radius 3 is 2.90 bits per heavy atom. The summed E-state index contributed by atoms with van der Waals surface area (Å²) in [6, 6.07) is 5.39. The molecule has 110 valence electrons. The van der Waals surface area contributed by atoms with Crippen LogP contribution in [0.2, 0.25) is 0 Å². The Balaban J connectivity index is 2.29. The molecule has 1 aromatic rings. The zero-order valence-electron chi connectivity index (χ0n) is 12.4. The van der Waals surface area contributed by atoms with E-state index in [1.807, 2.05) is 6.07 Å². The number of hydrogen-bond donors (Lipinski definition) is 2. The maximum absolute atomic E-state index is 11.7. The lowest BCUT2D eigenvalue weighted by molar-refractivity contribution is -0.00462. The summed E-state index contributed by atoms with van der Waals surface area (Å²) in [7, 11) is 3.37. The molecule has 1 unspecified atom stereocenters. The molecule has 1 atom stereocenters. The van der Waals surface area contributed by atoms with Crippen LogP contribution in [0.25, 0.3) is 0 Å². The molecule has 1 amide bonds. The lowest BCUT2D eigenvalue weighted by Crippen LogP contribution is -2.47. The third-order valence-electron chi connectivity index (χ3n) is 4.01. The highest BCUT2D eigenvalue weighted by Crippen LogP contribution is 2.32. The van der Waals surface area contributed by atoms with Crippen LogP contribution in [0.4, 0.5) is 11.4 Å². The number of benzene rings is 1. The van der Waals surface area contributed by atoms with Crippen LogP contribution in [0.5, 0.6) is 0 Å². The van der Waals surface area contributed by atoms with Crippen molar-refractivity contribution in [3.8, 4) is 0 Å². The number of hydrogen-bond acceptors (Lipinski definition) is 4. The van der Waals surface area contributed by atoms with E-state index in [2.05, 4.69) is 17.1 Å². The average Bonchev–Trinajstić information content (AvgIpc) is 2.47. The Labute approximate surface area is 120 Å². The SMILES string of the molecule is CNC(=O)c1ccc(N)c(N2CCCC(C)(OC)C2)c1. The molecule has 1 aliphatic heterocycles. The molecule has 1 aliphatic rings. The quantitative estimate of drug-likeness (QED) is 0.824. The van der Waals surface area contributed by atoms with Crippen LogP contribution < -0.4 is 16.0 Å².